The average molecular weight is 390 g/mol. The van der Waals surface area contributed by atoms with Gasteiger partial charge >= 0.3 is 0 Å². The van der Waals surface area contributed by atoms with Crippen LogP contribution in [0.3, 0.4) is 0 Å². The number of allylic oxidation sites excluding steroid dienone is 1. The molecule has 0 atom stereocenters. The summed E-state index contributed by atoms with van der Waals surface area (Å²) in [4.78, 5) is 21.9. The van der Waals surface area contributed by atoms with Gasteiger partial charge in [0.05, 0.1) is 12.1 Å². The molecule has 4 rings (SSSR count). The molecule has 1 N–H and O–H groups in total. The predicted octanol–water partition coefficient (Wildman–Crippen LogP) is 3.58. The van der Waals surface area contributed by atoms with Gasteiger partial charge in [-0.25, -0.2) is 0 Å². The number of rotatable bonds is 6. The summed E-state index contributed by atoms with van der Waals surface area (Å²) in [5.74, 6) is 1.29. The molecule has 0 radical (unpaired) electrons. The van der Waals surface area contributed by atoms with E-state index in [1.54, 1.807) is 19.1 Å². The Morgan fingerprint density at radius 2 is 2.03 bits per heavy atom. The molecule has 3 heterocycles. The standard InChI is InChI=1S/C22H22N4O3/c1-3-16-6-8-18(9-7-16)28-12-11-25-10-4-5-17(25)14-19-21(23)26-20(24-22(19)27)13-15(2)29-26/h4-10,13-14,23H,3,11-12H2,1-2H3/b19-14+,23-21?. The zero-order chi connectivity index (χ0) is 20.4. The predicted molar refractivity (Wildman–Crippen MR) is 111 cm³/mol. The largest absolute Gasteiger partial charge is 0.492 e. The fourth-order valence-electron chi connectivity index (χ4n) is 3.19. The number of aryl methyl sites for hydroxylation is 1. The van der Waals surface area contributed by atoms with E-state index >= 15 is 0 Å². The van der Waals surface area contributed by atoms with Crippen molar-refractivity contribution in [3.05, 3.63) is 71.3 Å². The average Bonchev–Trinajstić information content (AvgIpc) is 3.31. The first-order valence-corrected chi connectivity index (χ1v) is 9.52. The van der Waals surface area contributed by atoms with Crippen LogP contribution in [0, 0.1) is 5.41 Å². The third kappa shape index (κ3) is 3.85. The molecule has 0 bridgehead atoms. The highest BCUT2D eigenvalue weighted by molar-refractivity contribution is 6.32. The maximum absolute atomic E-state index is 12.4. The highest BCUT2D eigenvalue weighted by Gasteiger charge is 2.34. The fraction of sp³-hybridized carbons (Fsp3) is 0.227. The second-order valence-electron chi connectivity index (χ2n) is 6.79. The van der Waals surface area contributed by atoms with Crippen LogP contribution in [0.4, 0.5) is 0 Å². The molecule has 148 valence electrons. The molecule has 1 aromatic carbocycles. The maximum atomic E-state index is 12.4. The summed E-state index contributed by atoms with van der Waals surface area (Å²) < 4.78 is 7.80. The number of hydrogen-bond acceptors (Lipinski definition) is 4. The van der Waals surface area contributed by atoms with E-state index in [4.69, 9.17) is 15.0 Å². The molecule has 7 nitrogen and oxygen atoms in total. The summed E-state index contributed by atoms with van der Waals surface area (Å²) in [5.41, 5.74) is 2.26. The summed E-state index contributed by atoms with van der Waals surface area (Å²) in [6.07, 6.45) is 6.22. The van der Waals surface area contributed by atoms with Crippen LogP contribution in [0.2, 0.25) is 0 Å². The molecular weight excluding hydrogens is 368 g/mol. The quantitative estimate of drug-likeness (QED) is 0.765. The molecule has 0 fully saturated rings. The first-order chi connectivity index (χ1) is 14.0. The minimum Gasteiger partial charge on any atom is -0.492 e. The van der Waals surface area contributed by atoms with Gasteiger partial charge in [0.2, 0.25) is 0 Å². The number of amides is 1. The van der Waals surface area contributed by atoms with Gasteiger partial charge in [-0.2, -0.15) is 4.99 Å². The van der Waals surface area contributed by atoms with Crippen LogP contribution in [-0.4, -0.2) is 33.8 Å². The van der Waals surface area contributed by atoms with Gasteiger partial charge in [-0.15, -0.1) is 5.06 Å². The number of benzene rings is 1. The molecule has 7 heteroatoms. The van der Waals surface area contributed by atoms with Crippen LogP contribution in [0.15, 0.2) is 65.0 Å². The van der Waals surface area contributed by atoms with Crippen molar-refractivity contribution in [2.45, 2.75) is 26.8 Å². The van der Waals surface area contributed by atoms with Crippen LogP contribution in [0.5, 0.6) is 5.75 Å². The molecular formula is C22H22N4O3. The number of hydroxylamine groups is 2. The topological polar surface area (TPSA) is 79.9 Å². The number of carbonyl (C=O) groups excluding carboxylic acids is 1. The minimum atomic E-state index is -0.448. The second kappa shape index (κ2) is 7.79. The van der Waals surface area contributed by atoms with Crippen LogP contribution in [-0.2, 0) is 22.6 Å². The number of aliphatic imine (C=N–C) groups is 1. The Hall–Kier alpha value is -3.61. The number of aromatic nitrogens is 1. The minimum absolute atomic E-state index is 0.0203. The number of hydrogen-bond donors (Lipinski definition) is 1. The SMILES string of the molecule is CCc1ccc(OCCn2cccc2/C=C2\C(=N)N3OC(C)=CC3=NC2=O)cc1. The molecule has 1 aromatic heterocycles. The molecule has 2 aliphatic heterocycles. The van der Waals surface area contributed by atoms with Crippen molar-refractivity contribution >= 4 is 23.7 Å². The summed E-state index contributed by atoms with van der Waals surface area (Å²) >= 11 is 0. The van der Waals surface area contributed by atoms with E-state index in [2.05, 4.69) is 24.0 Å². The van der Waals surface area contributed by atoms with Gasteiger partial charge < -0.3 is 14.1 Å². The molecule has 0 saturated carbocycles. The molecule has 2 aliphatic rings. The first kappa shape index (κ1) is 18.7. The van der Waals surface area contributed by atoms with E-state index in [0.29, 0.717) is 24.7 Å². The lowest BCUT2D eigenvalue weighted by Gasteiger charge is -2.23. The number of amidine groups is 2. The fourth-order valence-corrected chi connectivity index (χ4v) is 3.19. The smallest absolute Gasteiger partial charge is 0.283 e. The Labute approximate surface area is 169 Å². The molecule has 1 amide bonds. The maximum Gasteiger partial charge on any atom is 0.283 e. The Morgan fingerprint density at radius 1 is 1.24 bits per heavy atom. The van der Waals surface area contributed by atoms with Crippen molar-refractivity contribution in [1.29, 1.82) is 5.41 Å². The lowest BCUT2D eigenvalue weighted by atomic mass is 10.1. The number of ether oxygens (including phenoxy) is 1. The normalized spacial score (nSPS) is 17.2. The van der Waals surface area contributed by atoms with Crippen LogP contribution in [0.25, 0.3) is 6.08 Å². The van der Waals surface area contributed by atoms with Crippen molar-refractivity contribution in [3.63, 3.8) is 0 Å². The number of nitrogens with one attached hydrogen (secondary N) is 1. The van der Waals surface area contributed by atoms with E-state index < -0.39 is 5.91 Å². The van der Waals surface area contributed by atoms with Crippen LogP contribution < -0.4 is 4.74 Å². The Morgan fingerprint density at radius 3 is 2.79 bits per heavy atom. The Kier molecular flexibility index (Phi) is 5.03. The third-order valence-corrected chi connectivity index (χ3v) is 4.77. The molecule has 0 unspecified atom stereocenters. The zero-order valence-electron chi connectivity index (χ0n) is 16.4. The highest BCUT2D eigenvalue weighted by Crippen LogP contribution is 2.23. The van der Waals surface area contributed by atoms with Crippen molar-refractivity contribution in [1.82, 2.24) is 9.63 Å². The first-order valence-electron chi connectivity index (χ1n) is 9.52. The molecule has 0 spiro atoms. The number of nitrogens with zero attached hydrogens (tertiary/aromatic N) is 3. The van der Waals surface area contributed by atoms with E-state index in [9.17, 15) is 4.79 Å². The van der Waals surface area contributed by atoms with E-state index in [1.807, 2.05) is 35.0 Å². The van der Waals surface area contributed by atoms with Crippen molar-refractivity contribution < 1.29 is 14.4 Å². The summed E-state index contributed by atoms with van der Waals surface area (Å²) in [6.45, 7) is 4.97. The monoisotopic (exact) mass is 390 g/mol. The van der Waals surface area contributed by atoms with Gasteiger partial charge in [-0.3, -0.25) is 10.2 Å². The van der Waals surface area contributed by atoms with Gasteiger partial charge in [0.1, 0.15) is 18.1 Å². The molecule has 0 saturated heterocycles. The van der Waals surface area contributed by atoms with Gasteiger partial charge in [-0.05, 0) is 49.2 Å². The number of fused-ring (bicyclic) bond motifs is 1. The summed E-state index contributed by atoms with van der Waals surface area (Å²) in [6, 6.07) is 11.9. The zero-order valence-corrected chi connectivity index (χ0v) is 16.4. The lowest BCUT2D eigenvalue weighted by Crippen LogP contribution is -2.38. The third-order valence-electron chi connectivity index (χ3n) is 4.77. The van der Waals surface area contributed by atoms with Crippen molar-refractivity contribution in [3.8, 4) is 5.75 Å². The summed E-state index contributed by atoms with van der Waals surface area (Å²) in [7, 11) is 0. The van der Waals surface area contributed by atoms with E-state index in [1.165, 1.54) is 10.6 Å². The second-order valence-corrected chi connectivity index (χ2v) is 6.79. The Balaban J connectivity index is 1.45. The van der Waals surface area contributed by atoms with Gasteiger partial charge in [0.15, 0.2) is 11.7 Å². The molecule has 29 heavy (non-hydrogen) atoms. The van der Waals surface area contributed by atoms with Gasteiger partial charge in [-0.1, -0.05) is 19.1 Å². The van der Waals surface area contributed by atoms with Crippen molar-refractivity contribution in [2.75, 3.05) is 6.61 Å². The number of carbonyl (C=O) groups is 1. The van der Waals surface area contributed by atoms with Crippen LogP contribution in [0.1, 0.15) is 25.1 Å². The molecule has 2 aromatic rings. The van der Waals surface area contributed by atoms with E-state index in [-0.39, 0.29) is 11.4 Å². The lowest BCUT2D eigenvalue weighted by molar-refractivity contribution is -0.114. The summed E-state index contributed by atoms with van der Waals surface area (Å²) in [5, 5.41) is 9.58. The van der Waals surface area contributed by atoms with E-state index in [0.717, 1.165) is 17.9 Å². The van der Waals surface area contributed by atoms with Gasteiger partial charge in [0, 0.05) is 18.0 Å². The van der Waals surface area contributed by atoms with Crippen molar-refractivity contribution in [2.24, 2.45) is 4.99 Å². The molecule has 0 aliphatic carbocycles. The highest BCUT2D eigenvalue weighted by atomic mass is 16.7. The Bertz CT molecular complexity index is 1040. The van der Waals surface area contributed by atoms with Crippen LogP contribution >= 0.6 is 0 Å². The van der Waals surface area contributed by atoms with Gasteiger partial charge in [0.25, 0.3) is 5.91 Å².